The number of rotatable bonds is 1. The van der Waals surface area contributed by atoms with Crippen LogP contribution in [0.3, 0.4) is 0 Å². The van der Waals surface area contributed by atoms with Gasteiger partial charge in [-0.05, 0) is 0 Å². The average Bonchev–Trinajstić information content (AvgIpc) is 1.84. The molecule has 0 amide bonds. The first-order valence-corrected chi connectivity index (χ1v) is 3.66. The van der Waals surface area contributed by atoms with Crippen LogP contribution in [0.25, 0.3) is 0 Å². The first-order valence-electron chi connectivity index (χ1n) is 3.66. The van der Waals surface area contributed by atoms with Crippen molar-refractivity contribution in [1.29, 1.82) is 0 Å². The Kier molecular flexibility index (Phi) is 1.92. The number of nitrogens with zero attached hydrogens (tertiary/aromatic N) is 2. The highest BCUT2D eigenvalue weighted by Gasteiger charge is 2.24. The fraction of sp³-hybridized carbons (Fsp3) is 0.500. The molecule has 0 bridgehead atoms. The second kappa shape index (κ2) is 2.62. The van der Waals surface area contributed by atoms with Crippen molar-refractivity contribution < 1.29 is 5.11 Å². The normalized spacial score (nSPS) is 10.3. The lowest BCUT2D eigenvalue weighted by molar-refractivity contribution is 0.453. The van der Waals surface area contributed by atoms with Crippen LogP contribution in [0.5, 0.6) is 5.75 Å². The number of aromatic hydroxyl groups is 1. The first-order chi connectivity index (χ1) is 5.46. The highest BCUT2D eigenvalue weighted by Crippen LogP contribution is 2.16. The summed E-state index contributed by atoms with van der Waals surface area (Å²) in [6.45, 7) is 0. The van der Waals surface area contributed by atoms with Crippen LogP contribution in [0.1, 0.15) is 0 Å². The number of anilines is 1. The van der Waals surface area contributed by atoms with Gasteiger partial charge in [0.05, 0.1) is 0 Å². The molecule has 0 fully saturated rings. The minimum Gasteiger partial charge on any atom is -0.501 e. The van der Waals surface area contributed by atoms with E-state index < -0.39 is 0 Å². The molecule has 0 heterocycles. The summed E-state index contributed by atoms with van der Waals surface area (Å²) in [5.41, 5.74) is 0.293. The van der Waals surface area contributed by atoms with Crippen molar-refractivity contribution in [3.05, 3.63) is 15.6 Å². The molecule has 0 saturated heterocycles. The fourth-order valence-corrected chi connectivity index (χ4v) is 1.21. The van der Waals surface area contributed by atoms with Crippen molar-refractivity contribution >= 4 is 5.69 Å². The van der Waals surface area contributed by atoms with Crippen molar-refractivity contribution in [1.82, 2.24) is 4.58 Å². The summed E-state index contributed by atoms with van der Waals surface area (Å²) >= 11 is 0. The van der Waals surface area contributed by atoms with Crippen molar-refractivity contribution in [3.8, 4) is 5.75 Å². The van der Waals surface area contributed by atoms with Gasteiger partial charge in [0.1, 0.15) is 19.8 Å². The highest BCUT2D eigenvalue weighted by atomic mass is 16.3. The van der Waals surface area contributed by atoms with Gasteiger partial charge in [-0.15, -0.1) is 0 Å². The van der Waals surface area contributed by atoms with Gasteiger partial charge < -0.3 is 10.0 Å². The van der Waals surface area contributed by atoms with Gasteiger partial charge >= 0.3 is 0 Å². The molecule has 66 valence electrons. The molecule has 1 aromatic carbocycles. The summed E-state index contributed by atoms with van der Waals surface area (Å²) in [6.07, 6.45) is 0. The second-order valence-electron chi connectivity index (χ2n) is 3.16. The van der Waals surface area contributed by atoms with Crippen LogP contribution in [-0.4, -0.2) is 33.3 Å². The number of hydrogen-bond acceptors (Lipinski definition) is 3. The number of hydrogen-bond donors (Lipinski definition) is 1. The maximum atomic E-state index is 11.3. The van der Waals surface area contributed by atoms with E-state index in [-0.39, 0.29) is 11.2 Å². The first kappa shape index (κ1) is 8.77. The SMILES string of the molecule is CN(C)c1c(O)c(=[N+](C)C)c1=O. The van der Waals surface area contributed by atoms with Gasteiger partial charge in [0, 0.05) is 14.1 Å². The van der Waals surface area contributed by atoms with Crippen molar-refractivity contribution in [2.75, 3.05) is 33.1 Å². The molecule has 0 spiro atoms. The largest absolute Gasteiger partial charge is 0.501 e. The summed E-state index contributed by atoms with van der Waals surface area (Å²) in [7, 11) is 6.93. The van der Waals surface area contributed by atoms with Gasteiger partial charge in [0.15, 0.2) is 0 Å². The Morgan fingerprint density at radius 3 is 2.08 bits per heavy atom. The third-order valence-electron chi connectivity index (χ3n) is 1.77. The summed E-state index contributed by atoms with van der Waals surface area (Å²) in [4.78, 5) is 12.9. The maximum absolute atomic E-state index is 11.3. The van der Waals surface area contributed by atoms with Gasteiger partial charge in [-0.2, -0.15) is 0 Å². The predicted octanol–water partition coefficient (Wildman–Crippen LogP) is -1.27. The molecule has 1 aromatic rings. The van der Waals surface area contributed by atoms with Crippen molar-refractivity contribution in [2.45, 2.75) is 0 Å². The Hall–Kier alpha value is -1.32. The van der Waals surface area contributed by atoms with Gasteiger partial charge in [-0.1, -0.05) is 0 Å². The van der Waals surface area contributed by atoms with Crippen LogP contribution in [0, 0.1) is 0 Å². The molecule has 0 atom stereocenters. The molecule has 1 N–H and O–H groups in total. The highest BCUT2D eigenvalue weighted by molar-refractivity contribution is 5.61. The minimum atomic E-state index is -0.0949. The van der Waals surface area contributed by atoms with Gasteiger partial charge in [-0.3, -0.25) is 4.79 Å². The topological polar surface area (TPSA) is 43.5 Å². The molecule has 0 aliphatic carbocycles. The van der Waals surface area contributed by atoms with Crippen LogP contribution in [0.15, 0.2) is 4.79 Å². The van der Waals surface area contributed by atoms with E-state index in [0.29, 0.717) is 11.0 Å². The minimum absolute atomic E-state index is 0.0926. The predicted molar refractivity (Wildman–Crippen MR) is 48.2 cm³/mol. The van der Waals surface area contributed by atoms with E-state index in [0.717, 1.165) is 0 Å². The Bertz CT molecular complexity index is 380. The zero-order chi connectivity index (χ0) is 9.46. The molecule has 0 saturated carbocycles. The van der Waals surface area contributed by atoms with E-state index in [1.165, 1.54) is 0 Å². The Labute approximate surface area is 70.7 Å². The molecule has 1 rings (SSSR count). The third kappa shape index (κ3) is 0.995. The van der Waals surface area contributed by atoms with Crippen LogP contribution >= 0.6 is 0 Å². The molecule has 4 nitrogen and oxygen atoms in total. The lowest BCUT2D eigenvalue weighted by atomic mass is 10.2. The quantitative estimate of drug-likeness (QED) is 0.533. The standard InChI is InChI=1S/C8H12N2O2/c1-9(2)5-7(11)6(8(5)12)10(3)4/h1-4H3/p+1. The maximum Gasteiger partial charge on any atom is 0.294 e. The zero-order valence-electron chi connectivity index (χ0n) is 7.75. The van der Waals surface area contributed by atoms with Crippen molar-refractivity contribution in [3.63, 3.8) is 0 Å². The molecular weight excluding hydrogens is 156 g/mol. The van der Waals surface area contributed by atoms with Gasteiger partial charge in [0.2, 0.25) is 5.75 Å². The van der Waals surface area contributed by atoms with Crippen LogP contribution < -0.4 is 20.3 Å². The molecule has 0 aliphatic rings. The molecule has 4 heteroatoms. The van der Waals surface area contributed by atoms with Gasteiger partial charge in [0.25, 0.3) is 10.8 Å². The second-order valence-corrected chi connectivity index (χ2v) is 3.16. The van der Waals surface area contributed by atoms with Crippen LogP contribution in [0.4, 0.5) is 5.69 Å². The summed E-state index contributed by atoms with van der Waals surface area (Å²) in [5.74, 6) is 0.0926. The molecule has 0 radical (unpaired) electrons. The zero-order valence-corrected chi connectivity index (χ0v) is 7.75. The Morgan fingerprint density at radius 2 is 1.83 bits per heavy atom. The summed E-state index contributed by atoms with van der Waals surface area (Å²) in [6, 6.07) is 0. The van der Waals surface area contributed by atoms with E-state index >= 15 is 0 Å². The van der Waals surface area contributed by atoms with E-state index in [9.17, 15) is 9.90 Å². The Balaban J connectivity index is 3.38. The summed E-state index contributed by atoms with van der Waals surface area (Å²) in [5, 5.41) is 9.80. The Morgan fingerprint density at radius 1 is 1.33 bits per heavy atom. The third-order valence-corrected chi connectivity index (χ3v) is 1.77. The van der Waals surface area contributed by atoms with Gasteiger partial charge in [-0.25, -0.2) is 4.58 Å². The fourth-order valence-electron chi connectivity index (χ4n) is 1.21. The molecule has 12 heavy (non-hydrogen) atoms. The lowest BCUT2D eigenvalue weighted by Crippen LogP contribution is -2.44. The molecule has 0 aliphatic heterocycles. The molecule has 0 unspecified atom stereocenters. The monoisotopic (exact) mass is 169 g/mol. The van der Waals surface area contributed by atoms with Crippen LogP contribution in [-0.2, 0) is 0 Å². The van der Waals surface area contributed by atoms with E-state index in [4.69, 9.17) is 0 Å². The lowest BCUT2D eigenvalue weighted by Gasteiger charge is -2.14. The molecule has 0 aromatic heterocycles. The van der Waals surface area contributed by atoms with E-state index in [1.807, 2.05) is 0 Å². The van der Waals surface area contributed by atoms with Crippen molar-refractivity contribution in [2.24, 2.45) is 0 Å². The molecular formula is C8H13N2O2+. The average molecular weight is 169 g/mol. The van der Waals surface area contributed by atoms with E-state index in [1.54, 1.807) is 37.7 Å². The van der Waals surface area contributed by atoms with Crippen LogP contribution in [0.2, 0.25) is 0 Å². The smallest absolute Gasteiger partial charge is 0.294 e. The summed E-state index contributed by atoms with van der Waals surface area (Å²) < 4.78 is 1.62. The van der Waals surface area contributed by atoms with E-state index in [2.05, 4.69) is 0 Å².